The molecule has 1 saturated heterocycles. The molecule has 1 N–H and O–H groups in total. The Morgan fingerprint density at radius 1 is 1.53 bits per heavy atom. The van der Waals surface area contributed by atoms with Crippen molar-refractivity contribution < 1.29 is 18.8 Å². The first-order valence-electron chi connectivity index (χ1n) is 4.94. The van der Waals surface area contributed by atoms with Crippen molar-refractivity contribution in [3.63, 3.8) is 0 Å². The molecular formula is C11H10N2O4. The molecule has 0 aromatic carbocycles. The lowest BCUT2D eigenvalue weighted by atomic mass is 10.2. The van der Waals surface area contributed by atoms with Crippen molar-refractivity contribution in [3.05, 3.63) is 29.9 Å². The van der Waals surface area contributed by atoms with Crippen LogP contribution in [0.25, 0.3) is 6.08 Å². The Morgan fingerprint density at radius 2 is 2.29 bits per heavy atom. The minimum Gasteiger partial charge on any atom is -0.472 e. The zero-order valence-corrected chi connectivity index (χ0v) is 9.10. The topological polar surface area (TPSA) is 79.6 Å². The van der Waals surface area contributed by atoms with E-state index in [2.05, 4.69) is 5.32 Å². The van der Waals surface area contributed by atoms with E-state index in [9.17, 15) is 14.4 Å². The lowest BCUT2D eigenvalue weighted by Gasteiger charge is -2.25. The van der Waals surface area contributed by atoms with Crippen LogP contribution < -0.4 is 5.32 Å². The van der Waals surface area contributed by atoms with Gasteiger partial charge in [-0.2, -0.15) is 0 Å². The number of amides is 3. The van der Waals surface area contributed by atoms with Crippen LogP contribution in [0, 0.1) is 0 Å². The molecule has 1 aliphatic rings. The van der Waals surface area contributed by atoms with Gasteiger partial charge in [-0.3, -0.25) is 19.3 Å². The maximum Gasteiger partial charge on any atom is 0.277 e. The van der Waals surface area contributed by atoms with Crippen LogP contribution in [-0.4, -0.2) is 29.2 Å². The third-order valence-corrected chi connectivity index (χ3v) is 2.29. The zero-order valence-electron chi connectivity index (χ0n) is 9.10. The minimum atomic E-state index is -0.515. The van der Waals surface area contributed by atoms with Crippen LogP contribution in [0.1, 0.15) is 12.5 Å². The number of imide groups is 1. The van der Waals surface area contributed by atoms with Gasteiger partial charge in [-0.15, -0.1) is 0 Å². The summed E-state index contributed by atoms with van der Waals surface area (Å²) >= 11 is 0. The molecule has 6 nitrogen and oxygen atoms in total. The average Bonchev–Trinajstić information content (AvgIpc) is 2.75. The zero-order chi connectivity index (χ0) is 12.4. The van der Waals surface area contributed by atoms with Crippen molar-refractivity contribution in [2.75, 3.05) is 6.54 Å². The fraction of sp³-hybridized carbons (Fsp3) is 0.182. The second kappa shape index (κ2) is 4.25. The summed E-state index contributed by atoms with van der Waals surface area (Å²) in [6, 6.07) is 1.64. The van der Waals surface area contributed by atoms with Crippen molar-refractivity contribution in [2.45, 2.75) is 6.92 Å². The quantitative estimate of drug-likeness (QED) is 0.700. The number of piperazine rings is 1. The van der Waals surface area contributed by atoms with Crippen molar-refractivity contribution in [1.29, 1.82) is 0 Å². The number of rotatable bonds is 1. The highest BCUT2D eigenvalue weighted by atomic mass is 16.3. The molecule has 0 unspecified atom stereocenters. The number of nitrogens with one attached hydrogen (secondary N) is 1. The molecule has 6 heteroatoms. The van der Waals surface area contributed by atoms with Crippen LogP contribution in [0.2, 0.25) is 0 Å². The summed E-state index contributed by atoms with van der Waals surface area (Å²) in [6.07, 6.45) is 4.34. The SMILES string of the molecule is CC(=O)N1CC(=O)N/C(=C/c2ccoc2)C1=O. The highest BCUT2D eigenvalue weighted by Gasteiger charge is 2.30. The summed E-state index contributed by atoms with van der Waals surface area (Å²) in [7, 11) is 0. The van der Waals surface area contributed by atoms with Crippen molar-refractivity contribution in [3.8, 4) is 0 Å². The van der Waals surface area contributed by atoms with E-state index in [1.807, 2.05) is 0 Å². The molecule has 1 fully saturated rings. The van der Waals surface area contributed by atoms with E-state index in [0.717, 1.165) is 4.90 Å². The molecule has 0 radical (unpaired) electrons. The van der Waals surface area contributed by atoms with E-state index in [1.165, 1.54) is 25.5 Å². The minimum absolute atomic E-state index is 0.0675. The molecule has 1 aromatic heterocycles. The largest absolute Gasteiger partial charge is 0.472 e. The molecule has 0 aliphatic carbocycles. The molecule has 1 aromatic rings. The Bertz CT molecular complexity index is 502. The second-order valence-corrected chi connectivity index (χ2v) is 3.57. The Hall–Kier alpha value is -2.37. The van der Waals surface area contributed by atoms with Crippen molar-refractivity contribution >= 4 is 23.8 Å². The monoisotopic (exact) mass is 234 g/mol. The first-order chi connectivity index (χ1) is 8.08. The van der Waals surface area contributed by atoms with Crippen LogP contribution in [-0.2, 0) is 14.4 Å². The van der Waals surface area contributed by atoms with E-state index in [-0.39, 0.29) is 12.2 Å². The Kier molecular flexibility index (Phi) is 2.78. The van der Waals surface area contributed by atoms with Crippen LogP contribution in [0.5, 0.6) is 0 Å². The summed E-state index contributed by atoms with van der Waals surface area (Å²) in [5, 5.41) is 2.43. The van der Waals surface area contributed by atoms with Crippen LogP contribution >= 0.6 is 0 Å². The normalized spacial score (nSPS) is 18.4. The molecule has 17 heavy (non-hydrogen) atoms. The first kappa shape index (κ1) is 11.1. The van der Waals surface area contributed by atoms with E-state index in [1.54, 1.807) is 6.07 Å². The fourth-order valence-electron chi connectivity index (χ4n) is 1.48. The number of carbonyl (C=O) groups is 3. The standard InChI is InChI=1S/C11H10N2O4/c1-7(14)13-5-10(15)12-9(11(13)16)4-8-2-3-17-6-8/h2-4,6H,5H2,1H3,(H,12,15)/b9-4+. The predicted octanol–water partition coefficient (Wildman–Crippen LogP) is 0.125. The van der Waals surface area contributed by atoms with Crippen molar-refractivity contribution in [1.82, 2.24) is 10.2 Å². The lowest BCUT2D eigenvalue weighted by molar-refractivity contribution is -0.147. The maximum atomic E-state index is 11.8. The predicted molar refractivity (Wildman–Crippen MR) is 57.2 cm³/mol. The summed E-state index contributed by atoms with van der Waals surface area (Å²) in [4.78, 5) is 35.2. The molecule has 2 rings (SSSR count). The van der Waals surface area contributed by atoms with Gasteiger partial charge in [0, 0.05) is 12.5 Å². The third-order valence-electron chi connectivity index (χ3n) is 2.29. The van der Waals surface area contributed by atoms with E-state index in [0.29, 0.717) is 5.56 Å². The highest BCUT2D eigenvalue weighted by Crippen LogP contribution is 2.11. The fourth-order valence-corrected chi connectivity index (χ4v) is 1.48. The van der Waals surface area contributed by atoms with Gasteiger partial charge in [-0.1, -0.05) is 0 Å². The Labute approximate surface area is 96.9 Å². The third kappa shape index (κ3) is 2.25. The molecule has 0 spiro atoms. The van der Waals surface area contributed by atoms with Gasteiger partial charge >= 0.3 is 0 Å². The number of hydrogen-bond donors (Lipinski definition) is 1. The van der Waals surface area contributed by atoms with Crippen LogP contribution in [0.3, 0.4) is 0 Å². The van der Waals surface area contributed by atoms with Gasteiger partial charge in [0.05, 0.1) is 12.5 Å². The number of nitrogens with zero attached hydrogens (tertiary/aromatic N) is 1. The molecule has 0 bridgehead atoms. The summed E-state index contributed by atoms with van der Waals surface area (Å²) in [6.45, 7) is 1.00. The van der Waals surface area contributed by atoms with Crippen LogP contribution in [0.4, 0.5) is 0 Å². The van der Waals surface area contributed by atoms with Gasteiger partial charge < -0.3 is 9.73 Å². The van der Waals surface area contributed by atoms with Gasteiger partial charge in [0.25, 0.3) is 5.91 Å². The first-order valence-corrected chi connectivity index (χ1v) is 4.94. The number of carbonyl (C=O) groups excluding carboxylic acids is 3. The highest BCUT2D eigenvalue weighted by molar-refractivity contribution is 6.12. The molecular weight excluding hydrogens is 224 g/mol. The molecule has 3 amide bonds. The molecule has 88 valence electrons. The smallest absolute Gasteiger partial charge is 0.277 e. The average molecular weight is 234 g/mol. The Morgan fingerprint density at radius 3 is 2.88 bits per heavy atom. The van der Waals surface area contributed by atoms with E-state index >= 15 is 0 Å². The molecule has 0 saturated carbocycles. The summed E-state index contributed by atoms with van der Waals surface area (Å²) < 4.78 is 4.84. The summed E-state index contributed by atoms with van der Waals surface area (Å²) in [5.74, 6) is -1.37. The molecule has 1 aliphatic heterocycles. The number of hydrogen-bond acceptors (Lipinski definition) is 4. The van der Waals surface area contributed by atoms with Crippen molar-refractivity contribution in [2.24, 2.45) is 0 Å². The lowest BCUT2D eigenvalue weighted by Crippen LogP contribution is -2.51. The Balaban J connectivity index is 2.31. The van der Waals surface area contributed by atoms with Gasteiger partial charge in [0.15, 0.2) is 0 Å². The summed E-state index contributed by atoms with van der Waals surface area (Å²) in [5.41, 5.74) is 0.705. The van der Waals surface area contributed by atoms with Gasteiger partial charge in [0.2, 0.25) is 11.8 Å². The van der Waals surface area contributed by atoms with Gasteiger partial charge in [0.1, 0.15) is 12.2 Å². The van der Waals surface area contributed by atoms with E-state index < -0.39 is 17.7 Å². The van der Waals surface area contributed by atoms with E-state index in [4.69, 9.17) is 4.42 Å². The van der Waals surface area contributed by atoms with Crippen LogP contribution in [0.15, 0.2) is 28.7 Å². The molecule has 2 heterocycles. The van der Waals surface area contributed by atoms with Gasteiger partial charge in [-0.05, 0) is 12.1 Å². The second-order valence-electron chi connectivity index (χ2n) is 3.57. The molecule has 0 atom stereocenters. The van der Waals surface area contributed by atoms with Gasteiger partial charge in [-0.25, -0.2) is 0 Å². The number of furan rings is 1. The maximum absolute atomic E-state index is 11.8.